The molecule has 132 valence electrons. The number of benzene rings is 1. The van der Waals surface area contributed by atoms with Crippen LogP contribution in [0.2, 0.25) is 0 Å². The standard InChI is InChI=1S/C17H21F3N2O2/c1-3-7-22(8-4-2)17(24)11-9-10(11)16(23)21-13-6-5-12(18)14(19)15(13)20/h5-6,10-11H,3-4,7-9H2,1-2H3,(H,21,23). The van der Waals surface area contributed by atoms with E-state index in [0.29, 0.717) is 19.5 Å². The lowest BCUT2D eigenvalue weighted by Crippen LogP contribution is -2.34. The van der Waals surface area contributed by atoms with Gasteiger partial charge < -0.3 is 10.2 Å². The maximum absolute atomic E-state index is 13.6. The van der Waals surface area contributed by atoms with Crippen molar-refractivity contribution in [1.82, 2.24) is 4.90 Å². The van der Waals surface area contributed by atoms with Gasteiger partial charge >= 0.3 is 0 Å². The molecule has 0 spiro atoms. The van der Waals surface area contributed by atoms with Crippen molar-refractivity contribution in [2.45, 2.75) is 33.1 Å². The van der Waals surface area contributed by atoms with Crippen molar-refractivity contribution in [1.29, 1.82) is 0 Å². The average Bonchev–Trinajstić information content (AvgIpc) is 3.35. The molecule has 0 aliphatic heterocycles. The average molecular weight is 342 g/mol. The topological polar surface area (TPSA) is 49.4 Å². The summed E-state index contributed by atoms with van der Waals surface area (Å²) in [4.78, 5) is 26.2. The van der Waals surface area contributed by atoms with Crippen LogP contribution >= 0.6 is 0 Å². The molecule has 1 N–H and O–H groups in total. The Morgan fingerprint density at radius 1 is 1.08 bits per heavy atom. The molecule has 7 heteroatoms. The Morgan fingerprint density at radius 3 is 2.29 bits per heavy atom. The summed E-state index contributed by atoms with van der Waals surface area (Å²) < 4.78 is 39.7. The zero-order valence-electron chi connectivity index (χ0n) is 13.7. The minimum atomic E-state index is -1.63. The van der Waals surface area contributed by atoms with Gasteiger partial charge in [0.25, 0.3) is 0 Å². The molecule has 1 fully saturated rings. The number of anilines is 1. The maximum atomic E-state index is 13.6. The molecule has 1 aromatic rings. The summed E-state index contributed by atoms with van der Waals surface area (Å²) in [5, 5.41) is 2.24. The number of amides is 2. The van der Waals surface area contributed by atoms with Crippen molar-refractivity contribution in [3.8, 4) is 0 Å². The number of carbonyl (C=O) groups is 2. The van der Waals surface area contributed by atoms with Crippen LogP contribution in [0, 0.1) is 29.3 Å². The van der Waals surface area contributed by atoms with E-state index in [-0.39, 0.29) is 5.91 Å². The summed E-state index contributed by atoms with van der Waals surface area (Å²) in [5.41, 5.74) is -0.420. The van der Waals surface area contributed by atoms with E-state index in [1.807, 2.05) is 13.8 Å². The Bertz CT molecular complexity index is 631. The first-order valence-corrected chi connectivity index (χ1v) is 8.13. The zero-order chi connectivity index (χ0) is 17.9. The molecule has 2 unspecified atom stereocenters. The minimum absolute atomic E-state index is 0.0791. The van der Waals surface area contributed by atoms with Crippen molar-refractivity contribution in [2.24, 2.45) is 11.8 Å². The van der Waals surface area contributed by atoms with E-state index in [4.69, 9.17) is 0 Å². The quantitative estimate of drug-likeness (QED) is 0.773. The number of rotatable bonds is 7. The first-order chi connectivity index (χ1) is 11.4. The summed E-state index contributed by atoms with van der Waals surface area (Å²) in [5.74, 6) is -5.99. The van der Waals surface area contributed by atoms with Crippen LogP contribution in [0.15, 0.2) is 12.1 Å². The Morgan fingerprint density at radius 2 is 1.71 bits per heavy atom. The monoisotopic (exact) mass is 342 g/mol. The Labute approximate surface area is 139 Å². The Kier molecular flexibility index (Phi) is 5.85. The van der Waals surface area contributed by atoms with Crippen molar-refractivity contribution in [3.63, 3.8) is 0 Å². The van der Waals surface area contributed by atoms with Crippen LogP contribution < -0.4 is 5.32 Å². The highest BCUT2D eigenvalue weighted by Gasteiger charge is 2.49. The molecule has 0 radical (unpaired) electrons. The number of nitrogens with one attached hydrogen (secondary N) is 1. The first-order valence-electron chi connectivity index (χ1n) is 8.13. The van der Waals surface area contributed by atoms with Crippen LogP contribution in [-0.4, -0.2) is 29.8 Å². The third-order valence-electron chi connectivity index (χ3n) is 4.04. The van der Waals surface area contributed by atoms with Crippen LogP contribution in [0.4, 0.5) is 18.9 Å². The second kappa shape index (κ2) is 7.68. The molecule has 1 aliphatic rings. The Hall–Kier alpha value is -2.05. The van der Waals surface area contributed by atoms with Gasteiger partial charge in [-0.05, 0) is 31.4 Å². The molecule has 2 atom stereocenters. The molecule has 1 aliphatic carbocycles. The fourth-order valence-corrected chi connectivity index (χ4v) is 2.71. The molecule has 1 saturated carbocycles. The third-order valence-corrected chi connectivity index (χ3v) is 4.04. The van der Waals surface area contributed by atoms with Gasteiger partial charge in [-0.15, -0.1) is 0 Å². The number of hydrogen-bond donors (Lipinski definition) is 1. The summed E-state index contributed by atoms with van der Waals surface area (Å²) in [6, 6.07) is 1.71. The number of nitrogens with zero attached hydrogens (tertiary/aromatic N) is 1. The highest BCUT2D eigenvalue weighted by Crippen LogP contribution is 2.41. The van der Waals surface area contributed by atoms with Crippen LogP contribution in [0.3, 0.4) is 0 Å². The molecular formula is C17H21F3N2O2. The first kappa shape index (κ1) is 18.3. The second-order valence-electron chi connectivity index (χ2n) is 5.99. The molecule has 24 heavy (non-hydrogen) atoms. The summed E-state index contributed by atoms with van der Waals surface area (Å²) >= 11 is 0. The van der Waals surface area contributed by atoms with Crippen LogP contribution in [0.1, 0.15) is 33.1 Å². The molecule has 0 bridgehead atoms. The van der Waals surface area contributed by atoms with Crippen molar-refractivity contribution < 1.29 is 22.8 Å². The molecule has 2 rings (SSSR count). The third kappa shape index (κ3) is 3.88. The SMILES string of the molecule is CCCN(CCC)C(=O)C1CC1C(=O)Nc1ccc(F)c(F)c1F. The lowest BCUT2D eigenvalue weighted by atomic mass is 10.2. The summed E-state index contributed by atoms with van der Waals surface area (Å²) in [7, 11) is 0. The van der Waals surface area contributed by atoms with Crippen molar-refractivity contribution in [3.05, 3.63) is 29.6 Å². The van der Waals surface area contributed by atoms with Gasteiger partial charge in [-0.2, -0.15) is 0 Å². The van der Waals surface area contributed by atoms with E-state index < -0.39 is 40.9 Å². The molecule has 1 aromatic carbocycles. The predicted molar refractivity (Wildman–Crippen MR) is 83.7 cm³/mol. The highest BCUT2D eigenvalue weighted by molar-refractivity contribution is 5.99. The molecule has 0 heterocycles. The van der Waals surface area contributed by atoms with E-state index in [0.717, 1.165) is 25.0 Å². The number of carbonyl (C=O) groups excluding carboxylic acids is 2. The lowest BCUT2D eigenvalue weighted by Gasteiger charge is -2.21. The van der Waals surface area contributed by atoms with Gasteiger partial charge in [0.15, 0.2) is 17.5 Å². The molecular weight excluding hydrogens is 321 g/mol. The maximum Gasteiger partial charge on any atom is 0.228 e. The number of halogens is 3. The van der Waals surface area contributed by atoms with Crippen LogP contribution in [0.5, 0.6) is 0 Å². The van der Waals surface area contributed by atoms with E-state index in [1.54, 1.807) is 4.90 Å². The summed E-state index contributed by atoms with van der Waals surface area (Å²) in [6.45, 7) is 5.21. The van der Waals surface area contributed by atoms with Crippen molar-refractivity contribution in [2.75, 3.05) is 18.4 Å². The van der Waals surface area contributed by atoms with Gasteiger partial charge in [0, 0.05) is 13.1 Å². The summed E-state index contributed by atoms with van der Waals surface area (Å²) in [6.07, 6.45) is 2.05. The molecule has 4 nitrogen and oxygen atoms in total. The molecule has 0 saturated heterocycles. The highest BCUT2D eigenvalue weighted by atomic mass is 19.2. The fraction of sp³-hybridized carbons (Fsp3) is 0.529. The van der Waals surface area contributed by atoms with Crippen LogP contribution in [-0.2, 0) is 9.59 Å². The minimum Gasteiger partial charge on any atom is -0.342 e. The van der Waals surface area contributed by atoms with E-state index in [9.17, 15) is 22.8 Å². The lowest BCUT2D eigenvalue weighted by molar-refractivity contribution is -0.134. The Balaban J connectivity index is 1.98. The van der Waals surface area contributed by atoms with Gasteiger partial charge in [-0.25, -0.2) is 13.2 Å². The smallest absolute Gasteiger partial charge is 0.228 e. The van der Waals surface area contributed by atoms with E-state index in [2.05, 4.69) is 5.32 Å². The van der Waals surface area contributed by atoms with E-state index in [1.165, 1.54) is 0 Å². The zero-order valence-corrected chi connectivity index (χ0v) is 13.7. The largest absolute Gasteiger partial charge is 0.342 e. The molecule has 2 amide bonds. The number of hydrogen-bond acceptors (Lipinski definition) is 2. The second-order valence-corrected chi connectivity index (χ2v) is 5.99. The predicted octanol–water partition coefficient (Wildman–Crippen LogP) is 3.33. The van der Waals surface area contributed by atoms with E-state index >= 15 is 0 Å². The normalized spacial score (nSPS) is 19.0. The van der Waals surface area contributed by atoms with Gasteiger partial charge in [0.2, 0.25) is 11.8 Å². The van der Waals surface area contributed by atoms with Crippen molar-refractivity contribution >= 4 is 17.5 Å². The van der Waals surface area contributed by atoms with Gasteiger partial charge in [0.1, 0.15) is 0 Å². The van der Waals surface area contributed by atoms with Crippen LogP contribution in [0.25, 0.3) is 0 Å². The van der Waals surface area contributed by atoms with Gasteiger partial charge in [-0.1, -0.05) is 13.8 Å². The molecule has 0 aromatic heterocycles. The van der Waals surface area contributed by atoms with Gasteiger partial charge in [-0.3, -0.25) is 9.59 Å². The van der Waals surface area contributed by atoms with Gasteiger partial charge in [0.05, 0.1) is 17.5 Å². The fourth-order valence-electron chi connectivity index (χ4n) is 2.71.